The van der Waals surface area contributed by atoms with Crippen LogP contribution in [0.3, 0.4) is 0 Å². The third-order valence-corrected chi connectivity index (χ3v) is 3.99. The van der Waals surface area contributed by atoms with Gasteiger partial charge in [0.25, 0.3) is 5.91 Å². The van der Waals surface area contributed by atoms with Crippen LogP contribution < -0.4 is 16.0 Å². The van der Waals surface area contributed by atoms with Gasteiger partial charge < -0.3 is 16.0 Å². The minimum atomic E-state index is -0.484. The van der Waals surface area contributed by atoms with Crippen LogP contribution in [-0.2, 0) is 0 Å². The van der Waals surface area contributed by atoms with E-state index in [1.54, 1.807) is 36.4 Å². The molecule has 23 heavy (non-hydrogen) atoms. The van der Waals surface area contributed by atoms with Gasteiger partial charge in [-0.3, -0.25) is 4.79 Å². The number of nitrogens with one attached hydrogen (secondary N) is 3. The lowest BCUT2D eigenvalue weighted by Crippen LogP contribution is -2.24. The predicted octanol–water partition coefficient (Wildman–Crippen LogP) is 4.87. The molecule has 5 nitrogen and oxygen atoms in total. The lowest BCUT2D eigenvalue weighted by molar-refractivity contribution is 0.0964. The number of carbonyl (C=O) groups excluding carboxylic acids is 2. The lowest BCUT2D eigenvalue weighted by atomic mass is 10.1. The molecule has 2 rings (SSSR count). The van der Waals surface area contributed by atoms with Crippen molar-refractivity contribution in [3.05, 3.63) is 55.9 Å². The number of urea groups is 1. The van der Waals surface area contributed by atoms with E-state index in [1.165, 1.54) is 7.05 Å². The zero-order valence-corrected chi connectivity index (χ0v) is 15.8. The minimum Gasteiger partial charge on any atom is -0.355 e. The van der Waals surface area contributed by atoms with E-state index in [1.807, 2.05) is 0 Å². The first kappa shape index (κ1) is 17.8. The number of benzene rings is 2. The number of hydrogen-bond donors (Lipinski definition) is 3. The molecule has 0 saturated carbocycles. The van der Waals surface area contributed by atoms with E-state index in [9.17, 15) is 9.59 Å². The van der Waals surface area contributed by atoms with Crippen LogP contribution in [0.1, 0.15) is 10.4 Å². The fourth-order valence-corrected chi connectivity index (χ4v) is 3.08. The summed E-state index contributed by atoms with van der Waals surface area (Å²) in [4.78, 5) is 24.0. The van der Waals surface area contributed by atoms with Crippen molar-refractivity contribution in [2.24, 2.45) is 0 Å². The Morgan fingerprint density at radius 1 is 1.00 bits per heavy atom. The van der Waals surface area contributed by atoms with Gasteiger partial charge in [0.15, 0.2) is 0 Å². The highest BCUT2D eigenvalue weighted by molar-refractivity contribution is 9.10. The lowest BCUT2D eigenvalue weighted by Gasteiger charge is -2.12. The van der Waals surface area contributed by atoms with E-state index < -0.39 is 6.03 Å². The van der Waals surface area contributed by atoms with Gasteiger partial charge in [-0.05, 0) is 36.4 Å². The Balaban J connectivity index is 2.19. The van der Waals surface area contributed by atoms with Crippen LogP contribution in [0, 0.1) is 0 Å². The first-order valence-corrected chi connectivity index (χ1v) is 8.41. The van der Waals surface area contributed by atoms with Crippen LogP contribution >= 0.6 is 43.5 Å². The fourth-order valence-electron chi connectivity index (χ4n) is 1.86. The topological polar surface area (TPSA) is 70.2 Å². The van der Waals surface area contributed by atoms with E-state index in [0.717, 1.165) is 8.95 Å². The smallest absolute Gasteiger partial charge is 0.323 e. The van der Waals surface area contributed by atoms with Crippen LogP contribution in [0.2, 0.25) is 5.02 Å². The maximum absolute atomic E-state index is 12.2. The molecule has 120 valence electrons. The molecule has 0 aliphatic heterocycles. The highest BCUT2D eigenvalue weighted by atomic mass is 79.9. The van der Waals surface area contributed by atoms with Gasteiger partial charge in [0.1, 0.15) is 0 Å². The van der Waals surface area contributed by atoms with Crippen molar-refractivity contribution in [3.8, 4) is 0 Å². The van der Waals surface area contributed by atoms with Crippen molar-refractivity contribution < 1.29 is 9.59 Å². The SMILES string of the molecule is CNC(=O)c1ccc(Br)cc1NC(=O)Nc1cc(Cl)cc(Br)c1. The molecule has 0 unspecified atom stereocenters. The first-order valence-electron chi connectivity index (χ1n) is 6.45. The molecule has 3 N–H and O–H groups in total. The van der Waals surface area contributed by atoms with Gasteiger partial charge in [0, 0.05) is 26.7 Å². The zero-order valence-electron chi connectivity index (χ0n) is 11.9. The van der Waals surface area contributed by atoms with Crippen molar-refractivity contribution >= 4 is 66.8 Å². The largest absolute Gasteiger partial charge is 0.355 e. The Morgan fingerprint density at radius 2 is 1.74 bits per heavy atom. The van der Waals surface area contributed by atoms with Crippen LogP contribution in [0.5, 0.6) is 0 Å². The van der Waals surface area contributed by atoms with Gasteiger partial charge in [-0.15, -0.1) is 0 Å². The number of halogens is 3. The third kappa shape index (κ3) is 4.95. The fraction of sp³-hybridized carbons (Fsp3) is 0.0667. The summed E-state index contributed by atoms with van der Waals surface area (Å²) in [6.07, 6.45) is 0. The van der Waals surface area contributed by atoms with E-state index >= 15 is 0 Å². The summed E-state index contributed by atoms with van der Waals surface area (Å²) >= 11 is 12.6. The van der Waals surface area contributed by atoms with Crippen molar-refractivity contribution in [1.29, 1.82) is 0 Å². The summed E-state index contributed by atoms with van der Waals surface area (Å²) in [5.74, 6) is -0.293. The Labute approximate surface area is 155 Å². The standard InChI is InChI=1S/C15H12Br2ClN3O2/c1-19-14(22)12-3-2-8(16)6-13(12)21-15(23)20-11-5-9(17)4-10(18)7-11/h2-7H,1H3,(H,19,22)(H2,20,21,23). The quantitative estimate of drug-likeness (QED) is 0.611. The molecule has 3 amide bonds. The number of rotatable bonds is 3. The predicted molar refractivity (Wildman–Crippen MR) is 99.3 cm³/mol. The van der Waals surface area contributed by atoms with Gasteiger partial charge in [-0.1, -0.05) is 43.5 Å². The molecule has 0 aliphatic carbocycles. The summed E-state index contributed by atoms with van der Waals surface area (Å²) in [5, 5.41) is 8.34. The molecule has 0 spiro atoms. The molecule has 8 heteroatoms. The molecule has 0 atom stereocenters. The number of anilines is 2. The molecule has 0 radical (unpaired) electrons. The average molecular weight is 462 g/mol. The maximum atomic E-state index is 12.2. The molecule has 0 fully saturated rings. The Kier molecular flexibility index (Phi) is 6.04. The van der Waals surface area contributed by atoms with E-state index in [0.29, 0.717) is 22.0 Å². The normalized spacial score (nSPS) is 10.1. The first-order chi connectivity index (χ1) is 10.9. The number of carbonyl (C=O) groups is 2. The van der Waals surface area contributed by atoms with E-state index in [2.05, 4.69) is 47.8 Å². The Morgan fingerprint density at radius 3 is 2.39 bits per heavy atom. The van der Waals surface area contributed by atoms with Crippen molar-refractivity contribution in [3.63, 3.8) is 0 Å². The van der Waals surface area contributed by atoms with E-state index in [-0.39, 0.29) is 5.91 Å². The number of amides is 3. The van der Waals surface area contributed by atoms with Crippen LogP contribution in [0.4, 0.5) is 16.2 Å². The second-order valence-electron chi connectivity index (χ2n) is 4.51. The van der Waals surface area contributed by atoms with E-state index in [4.69, 9.17) is 11.6 Å². The molecule has 2 aromatic carbocycles. The number of hydrogen-bond acceptors (Lipinski definition) is 2. The van der Waals surface area contributed by atoms with Crippen LogP contribution in [0.15, 0.2) is 45.3 Å². The summed E-state index contributed by atoms with van der Waals surface area (Å²) in [6, 6.07) is 9.55. The molecule has 0 heterocycles. The van der Waals surface area contributed by atoms with Gasteiger partial charge in [-0.2, -0.15) is 0 Å². The second-order valence-corrected chi connectivity index (χ2v) is 6.77. The van der Waals surface area contributed by atoms with Crippen LogP contribution in [0.25, 0.3) is 0 Å². The maximum Gasteiger partial charge on any atom is 0.323 e. The molecular formula is C15H12Br2ClN3O2. The Bertz CT molecular complexity index is 748. The summed E-state index contributed by atoms with van der Waals surface area (Å²) in [6.45, 7) is 0. The third-order valence-electron chi connectivity index (χ3n) is 2.82. The summed E-state index contributed by atoms with van der Waals surface area (Å²) < 4.78 is 1.49. The van der Waals surface area contributed by atoms with Gasteiger partial charge in [0.2, 0.25) is 0 Å². The molecule has 2 aromatic rings. The van der Waals surface area contributed by atoms with Crippen molar-refractivity contribution in [2.45, 2.75) is 0 Å². The summed E-state index contributed by atoms with van der Waals surface area (Å²) in [7, 11) is 1.53. The monoisotopic (exact) mass is 459 g/mol. The molecule has 0 aromatic heterocycles. The highest BCUT2D eigenvalue weighted by Crippen LogP contribution is 2.24. The summed E-state index contributed by atoms with van der Waals surface area (Å²) in [5.41, 5.74) is 1.27. The molecule has 0 bridgehead atoms. The molecule has 0 saturated heterocycles. The van der Waals surface area contributed by atoms with Gasteiger partial charge in [-0.25, -0.2) is 4.79 Å². The minimum absolute atomic E-state index is 0.293. The molecule has 0 aliphatic rings. The highest BCUT2D eigenvalue weighted by Gasteiger charge is 2.13. The average Bonchev–Trinajstić information content (AvgIpc) is 2.45. The van der Waals surface area contributed by atoms with Crippen LogP contribution in [-0.4, -0.2) is 19.0 Å². The van der Waals surface area contributed by atoms with Crippen molar-refractivity contribution in [2.75, 3.05) is 17.7 Å². The van der Waals surface area contributed by atoms with Gasteiger partial charge >= 0.3 is 6.03 Å². The van der Waals surface area contributed by atoms with Crippen molar-refractivity contribution in [1.82, 2.24) is 5.32 Å². The molecular weight excluding hydrogens is 449 g/mol. The van der Waals surface area contributed by atoms with Gasteiger partial charge in [0.05, 0.1) is 11.3 Å². The zero-order chi connectivity index (χ0) is 17.0. The Hall–Kier alpha value is -1.57. The second kappa shape index (κ2) is 7.81.